The van der Waals surface area contributed by atoms with Crippen LogP contribution in [-0.4, -0.2) is 49.5 Å². The number of nitrogens with zero attached hydrogens (tertiary/aromatic N) is 5. The number of nitrogens with one attached hydrogen (secondary N) is 1. The number of pyridine rings is 1. The van der Waals surface area contributed by atoms with E-state index in [4.69, 9.17) is 11.6 Å². The Hall–Kier alpha value is -2.91. The Kier molecular flexibility index (Phi) is 5.74. The Morgan fingerprint density at radius 1 is 0.933 bits per heavy atom. The lowest BCUT2D eigenvalue weighted by molar-refractivity contribution is 0.600. The summed E-state index contributed by atoms with van der Waals surface area (Å²) in [6.45, 7) is 4.79. The van der Waals surface area contributed by atoms with Gasteiger partial charge in [0.25, 0.3) is 10.0 Å². The fourth-order valence-electron chi connectivity index (χ4n) is 3.30. The van der Waals surface area contributed by atoms with Crippen molar-refractivity contribution in [3.63, 3.8) is 0 Å². The number of sulfonamides is 1. The summed E-state index contributed by atoms with van der Waals surface area (Å²) in [6, 6.07) is 10.6. The molecule has 156 valence electrons. The van der Waals surface area contributed by atoms with Gasteiger partial charge in [-0.05, 0) is 36.8 Å². The molecule has 3 heterocycles. The maximum atomic E-state index is 12.7. The zero-order chi connectivity index (χ0) is 21.1. The molecule has 1 fully saturated rings. The van der Waals surface area contributed by atoms with Gasteiger partial charge in [-0.15, -0.1) is 0 Å². The summed E-state index contributed by atoms with van der Waals surface area (Å²) in [5, 5.41) is 0.398. The van der Waals surface area contributed by atoms with Crippen LogP contribution in [0.15, 0.2) is 59.9 Å². The second-order valence-electron chi connectivity index (χ2n) is 6.90. The topological polar surface area (TPSA) is 91.3 Å². The van der Waals surface area contributed by atoms with Crippen molar-refractivity contribution in [2.45, 2.75) is 11.8 Å². The van der Waals surface area contributed by atoms with E-state index in [1.807, 2.05) is 18.2 Å². The number of benzene rings is 1. The summed E-state index contributed by atoms with van der Waals surface area (Å²) in [7, 11) is -3.78. The molecule has 0 bridgehead atoms. The molecule has 1 saturated heterocycles. The first-order chi connectivity index (χ1) is 14.4. The van der Waals surface area contributed by atoms with Gasteiger partial charge in [0.2, 0.25) is 5.95 Å². The molecule has 2 aromatic heterocycles. The van der Waals surface area contributed by atoms with Gasteiger partial charge >= 0.3 is 0 Å². The van der Waals surface area contributed by atoms with Gasteiger partial charge < -0.3 is 9.80 Å². The summed E-state index contributed by atoms with van der Waals surface area (Å²) >= 11 is 6.05. The number of aromatic nitrogens is 3. The van der Waals surface area contributed by atoms with Crippen LogP contribution in [0.3, 0.4) is 0 Å². The second kappa shape index (κ2) is 8.45. The van der Waals surface area contributed by atoms with Crippen molar-refractivity contribution in [3.05, 3.63) is 65.6 Å². The molecule has 1 aliphatic heterocycles. The normalized spacial score (nSPS) is 14.6. The van der Waals surface area contributed by atoms with E-state index < -0.39 is 10.0 Å². The van der Waals surface area contributed by atoms with Gasteiger partial charge in [-0.25, -0.2) is 23.4 Å². The molecule has 1 N–H and O–H groups in total. The molecule has 8 nitrogen and oxygen atoms in total. The molecule has 10 heteroatoms. The molecule has 0 saturated carbocycles. The van der Waals surface area contributed by atoms with Crippen LogP contribution in [-0.2, 0) is 10.0 Å². The standard InChI is InChI=1S/C20H21ClN6O2S/c1-15-17(21)5-4-6-18(15)30(28,29)25-16-13-23-20(24-14-16)27-11-9-26(10-12-27)19-7-2-3-8-22-19/h2-8,13-14,25H,9-12H2,1H3. The molecular weight excluding hydrogens is 424 g/mol. The van der Waals surface area contributed by atoms with E-state index in [1.54, 1.807) is 25.3 Å². The molecule has 1 aromatic carbocycles. The third-order valence-corrected chi connectivity index (χ3v) is 6.87. The van der Waals surface area contributed by atoms with Crippen molar-refractivity contribution in [1.29, 1.82) is 0 Å². The summed E-state index contributed by atoms with van der Waals surface area (Å²) in [4.78, 5) is 17.5. The second-order valence-corrected chi connectivity index (χ2v) is 8.96. The van der Waals surface area contributed by atoms with Crippen molar-refractivity contribution in [2.24, 2.45) is 0 Å². The fraction of sp³-hybridized carbons (Fsp3) is 0.250. The SMILES string of the molecule is Cc1c(Cl)cccc1S(=O)(=O)Nc1cnc(N2CCN(c3ccccn3)CC2)nc1. The summed E-state index contributed by atoms with van der Waals surface area (Å²) in [6.07, 6.45) is 4.74. The first kappa shape index (κ1) is 20.4. The van der Waals surface area contributed by atoms with E-state index >= 15 is 0 Å². The quantitative estimate of drug-likeness (QED) is 0.646. The summed E-state index contributed by atoms with van der Waals surface area (Å²) in [5.41, 5.74) is 0.792. The van der Waals surface area contributed by atoms with Gasteiger partial charge in [0, 0.05) is 37.4 Å². The van der Waals surface area contributed by atoms with E-state index in [2.05, 4.69) is 29.5 Å². The highest BCUT2D eigenvalue weighted by molar-refractivity contribution is 7.92. The molecule has 1 aliphatic rings. The summed E-state index contributed by atoms with van der Waals surface area (Å²) < 4.78 is 27.9. The molecule has 4 rings (SSSR count). The van der Waals surface area contributed by atoms with Crippen molar-refractivity contribution in [2.75, 3.05) is 40.7 Å². The van der Waals surface area contributed by atoms with Gasteiger partial charge in [0.1, 0.15) is 5.82 Å². The zero-order valence-corrected chi connectivity index (χ0v) is 17.9. The Morgan fingerprint density at radius 3 is 2.30 bits per heavy atom. The largest absolute Gasteiger partial charge is 0.353 e. The Labute approximate surface area is 180 Å². The molecule has 0 spiro atoms. The monoisotopic (exact) mass is 444 g/mol. The molecule has 0 unspecified atom stereocenters. The van der Waals surface area contributed by atoms with Gasteiger partial charge in [-0.2, -0.15) is 0 Å². The first-order valence-corrected chi connectivity index (χ1v) is 11.3. The van der Waals surface area contributed by atoms with Crippen LogP contribution in [0, 0.1) is 6.92 Å². The van der Waals surface area contributed by atoms with Crippen LogP contribution >= 0.6 is 11.6 Å². The van der Waals surface area contributed by atoms with E-state index in [-0.39, 0.29) is 4.90 Å². The number of anilines is 3. The minimum Gasteiger partial charge on any atom is -0.353 e. The van der Waals surface area contributed by atoms with Crippen molar-refractivity contribution in [3.8, 4) is 0 Å². The number of hydrogen-bond acceptors (Lipinski definition) is 7. The minimum atomic E-state index is -3.78. The van der Waals surface area contributed by atoms with Crippen LogP contribution in [0.4, 0.5) is 17.5 Å². The van der Waals surface area contributed by atoms with E-state index in [1.165, 1.54) is 18.5 Å². The third kappa shape index (κ3) is 4.31. The number of hydrogen-bond donors (Lipinski definition) is 1. The van der Waals surface area contributed by atoms with E-state index in [0.717, 1.165) is 32.0 Å². The van der Waals surface area contributed by atoms with Crippen LogP contribution in [0.1, 0.15) is 5.56 Å². The number of halogens is 1. The van der Waals surface area contributed by atoms with Crippen molar-refractivity contribution >= 4 is 39.1 Å². The average Bonchev–Trinajstić information content (AvgIpc) is 2.76. The first-order valence-electron chi connectivity index (χ1n) is 9.45. The minimum absolute atomic E-state index is 0.129. The van der Waals surface area contributed by atoms with Gasteiger partial charge in [-0.1, -0.05) is 23.7 Å². The third-order valence-electron chi connectivity index (χ3n) is 4.93. The van der Waals surface area contributed by atoms with Gasteiger partial charge in [0.05, 0.1) is 23.0 Å². The van der Waals surface area contributed by atoms with Crippen LogP contribution < -0.4 is 14.5 Å². The molecule has 3 aromatic rings. The molecule has 0 radical (unpaired) electrons. The molecule has 0 aliphatic carbocycles. The van der Waals surface area contributed by atoms with Crippen molar-refractivity contribution in [1.82, 2.24) is 15.0 Å². The van der Waals surface area contributed by atoms with Crippen molar-refractivity contribution < 1.29 is 8.42 Å². The van der Waals surface area contributed by atoms with Crippen LogP contribution in [0.2, 0.25) is 5.02 Å². The molecule has 30 heavy (non-hydrogen) atoms. The average molecular weight is 445 g/mol. The highest BCUT2D eigenvalue weighted by atomic mass is 35.5. The van der Waals surface area contributed by atoms with E-state index in [9.17, 15) is 8.42 Å². The molecular formula is C20H21ClN6O2S. The summed E-state index contributed by atoms with van der Waals surface area (Å²) in [5.74, 6) is 1.52. The maximum Gasteiger partial charge on any atom is 0.262 e. The molecule has 0 amide bonds. The lowest BCUT2D eigenvalue weighted by Crippen LogP contribution is -2.47. The van der Waals surface area contributed by atoms with Crippen LogP contribution in [0.25, 0.3) is 0 Å². The molecule has 0 atom stereocenters. The van der Waals surface area contributed by atoms with Crippen LogP contribution in [0.5, 0.6) is 0 Å². The maximum absolute atomic E-state index is 12.7. The predicted molar refractivity (Wildman–Crippen MR) is 118 cm³/mol. The lowest BCUT2D eigenvalue weighted by atomic mass is 10.2. The van der Waals surface area contributed by atoms with Gasteiger partial charge in [-0.3, -0.25) is 4.72 Å². The Morgan fingerprint density at radius 2 is 1.63 bits per heavy atom. The predicted octanol–water partition coefficient (Wildman–Crippen LogP) is 2.96. The fourth-order valence-corrected chi connectivity index (χ4v) is 4.83. The van der Waals surface area contributed by atoms with Gasteiger partial charge in [0.15, 0.2) is 0 Å². The lowest BCUT2D eigenvalue weighted by Gasteiger charge is -2.35. The van der Waals surface area contributed by atoms with E-state index in [0.29, 0.717) is 22.2 Å². The zero-order valence-electron chi connectivity index (χ0n) is 16.4. The Bertz CT molecular complexity index is 1120. The highest BCUT2D eigenvalue weighted by Gasteiger charge is 2.21. The number of rotatable bonds is 5. The smallest absolute Gasteiger partial charge is 0.262 e. The highest BCUT2D eigenvalue weighted by Crippen LogP contribution is 2.25. The Balaban J connectivity index is 1.42. The number of piperazine rings is 1.